The number of rotatable bonds is 8. The van der Waals surface area contributed by atoms with Gasteiger partial charge in [0.1, 0.15) is 11.9 Å². The van der Waals surface area contributed by atoms with E-state index in [1.807, 2.05) is 61.5 Å². The summed E-state index contributed by atoms with van der Waals surface area (Å²) >= 11 is 6.01. The first kappa shape index (κ1) is 23.0. The molecule has 1 unspecified atom stereocenters. The van der Waals surface area contributed by atoms with Crippen molar-refractivity contribution in [2.24, 2.45) is 0 Å². The van der Waals surface area contributed by atoms with Crippen LogP contribution in [0.1, 0.15) is 46.3 Å². The molecular formula is C26H28ClFN2O. The molecule has 0 bridgehead atoms. The van der Waals surface area contributed by atoms with E-state index in [1.54, 1.807) is 20.0 Å². The number of halogens is 2. The average Bonchev–Trinajstić information content (AvgIpc) is 2.77. The average molecular weight is 439 g/mol. The van der Waals surface area contributed by atoms with Crippen molar-refractivity contribution in [3.05, 3.63) is 105 Å². The van der Waals surface area contributed by atoms with Crippen molar-refractivity contribution in [1.29, 1.82) is 0 Å². The molecule has 0 aliphatic heterocycles. The quantitative estimate of drug-likeness (QED) is 0.463. The molecular weight excluding hydrogens is 411 g/mol. The standard InChI is InChI=1S/C26H28ClFN2O/c1-17-4-9-20(10-5-17)25(26(31)29-3)30-24(21-11-14-23(28)18(2)16-21)15-8-19-6-12-22(27)13-7-19/h4-7,9-14,16,24-25,30H,8,15H2,1-3H3,(H,29,31)/t24-,25?/m1/s1. The van der Waals surface area contributed by atoms with Gasteiger partial charge in [0.15, 0.2) is 0 Å². The van der Waals surface area contributed by atoms with Gasteiger partial charge in [0.05, 0.1) is 0 Å². The molecule has 0 heterocycles. The summed E-state index contributed by atoms with van der Waals surface area (Å²) in [6.45, 7) is 3.77. The third-order valence-electron chi connectivity index (χ3n) is 5.51. The molecule has 0 saturated heterocycles. The van der Waals surface area contributed by atoms with Crippen LogP contribution in [0.25, 0.3) is 0 Å². The van der Waals surface area contributed by atoms with Gasteiger partial charge < -0.3 is 5.32 Å². The van der Waals surface area contributed by atoms with Crippen molar-refractivity contribution in [2.75, 3.05) is 7.05 Å². The van der Waals surface area contributed by atoms with E-state index in [0.717, 1.165) is 35.1 Å². The van der Waals surface area contributed by atoms with Crippen LogP contribution in [0, 0.1) is 19.7 Å². The van der Waals surface area contributed by atoms with Crippen LogP contribution in [0.2, 0.25) is 5.02 Å². The van der Waals surface area contributed by atoms with Gasteiger partial charge in [-0.15, -0.1) is 0 Å². The Kier molecular flexibility index (Phi) is 7.83. The second kappa shape index (κ2) is 10.6. The van der Waals surface area contributed by atoms with Crippen LogP contribution in [0.15, 0.2) is 66.7 Å². The number of nitrogens with one attached hydrogen (secondary N) is 2. The largest absolute Gasteiger partial charge is 0.358 e. The van der Waals surface area contributed by atoms with E-state index in [1.165, 1.54) is 6.07 Å². The molecule has 0 fully saturated rings. The lowest BCUT2D eigenvalue weighted by Gasteiger charge is -2.26. The number of aryl methyl sites for hydroxylation is 3. The van der Waals surface area contributed by atoms with Gasteiger partial charge in [-0.25, -0.2) is 4.39 Å². The topological polar surface area (TPSA) is 41.1 Å². The molecule has 3 aromatic rings. The van der Waals surface area contributed by atoms with Crippen LogP contribution in [0.3, 0.4) is 0 Å². The molecule has 0 spiro atoms. The van der Waals surface area contributed by atoms with E-state index in [4.69, 9.17) is 11.6 Å². The monoisotopic (exact) mass is 438 g/mol. The number of hydrogen-bond donors (Lipinski definition) is 2. The molecule has 2 N–H and O–H groups in total. The molecule has 0 aliphatic carbocycles. The van der Waals surface area contributed by atoms with E-state index in [0.29, 0.717) is 10.6 Å². The Morgan fingerprint density at radius 1 is 0.968 bits per heavy atom. The number of hydrogen-bond acceptors (Lipinski definition) is 2. The summed E-state index contributed by atoms with van der Waals surface area (Å²) in [5.74, 6) is -0.347. The first-order valence-corrected chi connectivity index (χ1v) is 10.8. The number of amides is 1. The lowest BCUT2D eigenvalue weighted by Crippen LogP contribution is -2.38. The van der Waals surface area contributed by atoms with Crippen LogP contribution >= 0.6 is 11.6 Å². The molecule has 3 nitrogen and oxygen atoms in total. The molecule has 0 saturated carbocycles. The lowest BCUT2D eigenvalue weighted by molar-refractivity contribution is -0.123. The molecule has 3 rings (SSSR count). The summed E-state index contributed by atoms with van der Waals surface area (Å²) in [4.78, 5) is 12.7. The van der Waals surface area contributed by atoms with E-state index in [9.17, 15) is 9.18 Å². The SMILES string of the molecule is CNC(=O)C(N[C@H](CCc1ccc(Cl)cc1)c1ccc(F)c(C)c1)c1ccc(C)cc1. The minimum Gasteiger partial charge on any atom is -0.358 e. The zero-order chi connectivity index (χ0) is 22.4. The second-order valence-electron chi connectivity index (χ2n) is 7.85. The Hall–Kier alpha value is -2.69. The van der Waals surface area contributed by atoms with E-state index in [2.05, 4.69) is 10.6 Å². The fourth-order valence-corrected chi connectivity index (χ4v) is 3.75. The van der Waals surface area contributed by atoms with Crippen molar-refractivity contribution < 1.29 is 9.18 Å². The molecule has 162 valence electrons. The fourth-order valence-electron chi connectivity index (χ4n) is 3.62. The normalized spacial score (nSPS) is 12.9. The van der Waals surface area contributed by atoms with Crippen LogP contribution in [-0.4, -0.2) is 13.0 Å². The maximum atomic E-state index is 13.9. The summed E-state index contributed by atoms with van der Waals surface area (Å²) in [6.07, 6.45) is 1.53. The zero-order valence-electron chi connectivity index (χ0n) is 18.1. The maximum absolute atomic E-state index is 13.9. The van der Waals surface area contributed by atoms with Gasteiger partial charge in [-0.3, -0.25) is 10.1 Å². The number of likely N-dealkylation sites (N-methyl/N-ethyl adjacent to an activating group) is 1. The smallest absolute Gasteiger partial charge is 0.241 e. The number of carbonyl (C=O) groups excluding carboxylic acids is 1. The Labute approximate surface area is 188 Å². The summed E-state index contributed by atoms with van der Waals surface area (Å²) in [5.41, 5.74) is 4.71. The molecule has 5 heteroatoms. The van der Waals surface area contributed by atoms with E-state index < -0.39 is 6.04 Å². The van der Waals surface area contributed by atoms with Gasteiger partial charge in [0, 0.05) is 18.1 Å². The Morgan fingerprint density at radius 3 is 2.23 bits per heavy atom. The summed E-state index contributed by atoms with van der Waals surface area (Å²) in [5, 5.41) is 6.98. The van der Waals surface area contributed by atoms with Crippen molar-refractivity contribution in [2.45, 2.75) is 38.8 Å². The van der Waals surface area contributed by atoms with Crippen LogP contribution in [-0.2, 0) is 11.2 Å². The first-order chi connectivity index (χ1) is 14.9. The Morgan fingerprint density at radius 2 is 1.61 bits per heavy atom. The summed E-state index contributed by atoms with van der Waals surface area (Å²) in [6, 6.07) is 20.2. The molecule has 3 aromatic carbocycles. The zero-order valence-corrected chi connectivity index (χ0v) is 18.8. The van der Waals surface area contributed by atoms with Gasteiger partial charge in [0.2, 0.25) is 5.91 Å². The highest BCUT2D eigenvalue weighted by molar-refractivity contribution is 6.30. The Bertz CT molecular complexity index is 1020. The molecule has 31 heavy (non-hydrogen) atoms. The molecule has 1 amide bonds. The van der Waals surface area contributed by atoms with Crippen molar-refractivity contribution in [1.82, 2.24) is 10.6 Å². The second-order valence-corrected chi connectivity index (χ2v) is 8.29. The minimum atomic E-state index is -0.522. The van der Waals surface area contributed by atoms with Crippen LogP contribution in [0.4, 0.5) is 4.39 Å². The predicted molar refractivity (Wildman–Crippen MR) is 125 cm³/mol. The van der Waals surface area contributed by atoms with Crippen molar-refractivity contribution >= 4 is 17.5 Å². The van der Waals surface area contributed by atoms with Gasteiger partial charge >= 0.3 is 0 Å². The van der Waals surface area contributed by atoms with Gasteiger partial charge in [-0.05, 0) is 67.1 Å². The van der Waals surface area contributed by atoms with Crippen LogP contribution in [0.5, 0.6) is 0 Å². The lowest BCUT2D eigenvalue weighted by atomic mass is 9.95. The van der Waals surface area contributed by atoms with Gasteiger partial charge in [-0.1, -0.05) is 65.7 Å². The Balaban J connectivity index is 1.90. The van der Waals surface area contributed by atoms with Crippen molar-refractivity contribution in [3.8, 4) is 0 Å². The van der Waals surface area contributed by atoms with E-state index in [-0.39, 0.29) is 17.8 Å². The van der Waals surface area contributed by atoms with Crippen molar-refractivity contribution in [3.63, 3.8) is 0 Å². The molecule has 0 radical (unpaired) electrons. The highest BCUT2D eigenvalue weighted by atomic mass is 35.5. The molecule has 2 atom stereocenters. The van der Waals surface area contributed by atoms with Gasteiger partial charge in [0.25, 0.3) is 0 Å². The fraction of sp³-hybridized carbons (Fsp3) is 0.269. The highest BCUT2D eigenvalue weighted by Gasteiger charge is 2.24. The third kappa shape index (κ3) is 6.16. The molecule has 0 aromatic heterocycles. The third-order valence-corrected chi connectivity index (χ3v) is 5.76. The summed E-state index contributed by atoms with van der Waals surface area (Å²) in [7, 11) is 1.63. The number of benzene rings is 3. The maximum Gasteiger partial charge on any atom is 0.241 e. The minimum absolute atomic E-state index is 0.112. The molecule has 0 aliphatic rings. The predicted octanol–water partition coefficient (Wildman–Crippen LogP) is 5.85. The summed E-state index contributed by atoms with van der Waals surface area (Å²) < 4.78 is 13.9. The first-order valence-electron chi connectivity index (χ1n) is 10.4. The highest BCUT2D eigenvalue weighted by Crippen LogP contribution is 2.26. The van der Waals surface area contributed by atoms with E-state index >= 15 is 0 Å². The number of carbonyl (C=O) groups is 1. The van der Waals surface area contributed by atoms with Crippen LogP contribution < -0.4 is 10.6 Å². The van der Waals surface area contributed by atoms with Gasteiger partial charge in [-0.2, -0.15) is 0 Å².